The first kappa shape index (κ1) is 16.3. The Hall–Kier alpha value is -2.93. The maximum absolute atomic E-state index is 6.05. The first-order valence-electron chi connectivity index (χ1n) is 9.27. The highest BCUT2D eigenvalue weighted by Crippen LogP contribution is 2.40. The number of aryl methyl sites for hydroxylation is 1. The Bertz CT molecular complexity index is 979. The summed E-state index contributed by atoms with van der Waals surface area (Å²) in [5.74, 6) is 0.923. The number of ether oxygens (including phenoxy) is 1. The number of nitrogens with one attached hydrogen (secondary N) is 1. The van der Waals surface area contributed by atoms with Gasteiger partial charge in [0.05, 0.1) is 11.4 Å². The van der Waals surface area contributed by atoms with Gasteiger partial charge in [0, 0.05) is 48.7 Å². The molecule has 27 heavy (non-hydrogen) atoms. The molecule has 7 heteroatoms. The molecule has 2 aliphatic rings. The van der Waals surface area contributed by atoms with Gasteiger partial charge in [0.2, 0.25) is 0 Å². The van der Waals surface area contributed by atoms with E-state index in [-0.39, 0.29) is 11.5 Å². The zero-order valence-electron chi connectivity index (χ0n) is 15.2. The number of nitrogens with zero attached hydrogens (tertiary/aromatic N) is 4. The zero-order valence-corrected chi connectivity index (χ0v) is 15.2. The molecule has 3 N–H and O–H groups in total. The molecule has 0 unspecified atom stereocenters. The van der Waals surface area contributed by atoms with E-state index in [0.717, 1.165) is 36.6 Å². The van der Waals surface area contributed by atoms with Crippen LogP contribution in [0.4, 0.5) is 5.82 Å². The monoisotopic (exact) mass is 362 g/mol. The molecule has 1 fully saturated rings. The standard InChI is InChI=1S/C20H22N6O/c1-13(15-4-2-3-6-23-15)27-17-8-14(10-24-19(17)21)16-9-18-20(11-22-12-20)5-7-26(18)25-16/h2-4,6,8-10,13,22H,5,7,11-12H2,1H3,(H2,21,24)/t13-/m1/s1. The molecule has 3 aromatic heterocycles. The van der Waals surface area contributed by atoms with Crippen molar-refractivity contribution in [2.45, 2.75) is 31.4 Å². The molecule has 0 aliphatic carbocycles. The number of rotatable bonds is 4. The summed E-state index contributed by atoms with van der Waals surface area (Å²) in [5.41, 5.74) is 10.3. The van der Waals surface area contributed by atoms with Crippen LogP contribution in [0.1, 0.15) is 30.8 Å². The molecule has 0 radical (unpaired) electrons. The Kier molecular flexibility index (Phi) is 3.65. The molecular formula is C20H22N6O. The second-order valence-electron chi connectivity index (χ2n) is 7.39. The van der Waals surface area contributed by atoms with E-state index in [9.17, 15) is 0 Å². The van der Waals surface area contributed by atoms with Crippen molar-refractivity contribution in [3.8, 4) is 17.0 Å². The Labute approximate surface area is 157 Å². The summed E-state index contributed by atoms with van der Waals surface area (Å²) in [5, 5.41) is 8.18. The topological polar surface area (TPSA) is 90.9 Å². The van der Waals surface area contributed by atoms with E-state index in [1.807, 2.05) is 31.2 Å². The summed E-state index contributed by atoms with van der Waals surface area (Å²) < 4.78 is 8.18. The predicted octanol–water partition coefficient (Wildman–Crippen LogP) is 2.31. The smallest absolute Gasteiger partial charge is 0.166 e. The van der Waals surface area contributed by atoms with E-state index in [1.54, 1.807) is 12.4 Å². The zero-order chi connectivity index (χ0) is 18.4. The lowest BCUT2D eigenvalue weighted by atomic mass is 9.77. The van der Waals surface area contributed by atoms with Gasteiger partial charge in [-0.25, -0.2) is 4.98 Å². The summed E-state index contributed by atoms with van der Waals surface area (Å²) in [6, 6.07) is 9.87. The minimum Gasteiger partial charge on any atom is -0.481 e. The number of fused-ring (bicyclic) bond motifs is 2. The van der Waals surface area contributed by atoms with Crippen LogP contribution in [0.2, 0.25) is 0 Å². The minimum absolute atomic E-state index is 0.220. The molecule has 5 heterocycles. The first-order valence-corrected chi connectivity index (χ1v) is 9.27. The summed E-state index contributed by atoms with van der Waals surface area (Å²) in [6.07, 6.45) is 4.46. The largest absolute Gasteiger partial charge is 0.481 e. The fourth-order valence-corrected chi connectivity index (χ4v) is 3.94. The maximum atomic E-state index is 6.05. The molecule has 0 saturated carbocycles. The fraction of sp³-hybridized carbons (Fsp3) is 0.350. The van der Waals surface area contributed by atoms with E-state index in [1.165, 1.54) is 12.1 Å². The molecule has 1 atom stereocenters. The molecule has 1 spiro atoms. The summed E-state index contributed by atoms with van der Waals surface area (Å²) in [6.45, 7) is 4.99. The Morgan fingerprint density at radius 3 is 2.89 bits per heavy atom. The molecule has 0 aromatic carbocycles. The Morgan fingerprint density at radius 1 is 1.26 bits per heavy atom. The van der Waals surface area contributed by atoms with E-state index < -0.39 is 0 Å². The lowest BCUT2D eigenvalue weighted by Crippen LogP contribution is -2.55. The molecule has 138 valence electrons. The van der Waals surface area contributed by atoms with Gasteiger partial charge in [-0.05, 0) is 37.6 Å². The Balaban J connectivity index is 1.44. The second kappa shape index (κ2) is 6.06. The maximum Gasteiger partial charge on any atom is 0.166 e. The number of anilines is 1. The summed E-state index contributed by atoms with van der Waals surface area (Å²) >= 11 is 0. The van der Waals surface area contributed by atoms with Crippen molar-refractivity contribution in [2.75, 3.05) is 18.8 Å². The van der Waals surface area contributed by atoms with Gasteiger partial charge in [0.15, 0.2) is 11.6 Å². The van der Waals surface area contributed by atoms with Crippen molar-refractivity contribution in [2.24, 2.45) is 0 Å². The van der Waals surface area contributed by atoms with Gasteiger partial charge in [-0.2, -0.15) is 5.10 Å². The lowest BCUT2D eigenvalue weighted by molar-refractivity contribution is 0.222. The highest BCUT2D eigenvalue weighted by atomic mass is 16.5. The summed E-state index contributed by atoms with van der Waals surface area (Å²) in [4.78, 5) is 8.67. The van der Waals surface area contributed by atoms with Gasteiger partial charge in [-0.3, -0.25) is 9.67 Å². The van der Waals surface area contributed by atoms with Gasteiger partial charge in [-0.15, -0.1) is 0 Å². The number of aromatic nitrogens is 4. The highest BCUT2D eigenvalue weighted by molar-refractivity contribution is 5.65. The van der Waals surface area contributed by atoms with Crippen molar-refractivity contribution in [3.05, 3.63) is 54.1 Å². The molecule has 3 aromatic rings. The van der Waals surface area contributed by atoms with E-state index in [2.05, 4.69) is 26.0 Å². The van der Waals surface area contributed by atoms with Crippen LogP contribution < -0.4 is 15.8 Å². The predicted molar refractivity (Wildman–Crippen MR) is 102 cm³/mol. The number of nitrogens with two attached hydrogens (primary N) is 1. The number of hydrogen-bond acceptors (Lipinski definition) is 6. The SMILES string of the molecule is C[C@@H](Oc1cc(-c2cc3n(n2)CCC32CNC2)cnc1N)c1ccccn1. The third kappa shape index (κ3) is 2.66. The number of nitrogen functional groups attached to an aromatic ring is 1. The van der Waals surface area contributed by atoms with Gasteiger partial charge in [0.1, 0.15) is 6.10 Å². The normalized spacial score (nSPS) is 18.1. The number of pyridine rings is 2. The minimum atomic E-state index is -0.220. The highest BCUT2D eigenvalue weighted by Gasteiger charge is 2.45. The van der Waals surface area contributed by atoms with Gasteiger partial charge < -0.3 is 15.8 Å². The van der Waals surface area contributed by atoms with Crippen molar-refractivity contribution in [1.29, 1.82) is 0 Å². The van der Waals surface area contributed by atoms with Crippen LogP contribution in [0.3, 0.4) is 0 Å². The van der Waals surface area contributed by atoms with Crippen molar-refractivity contribution < 1.29 is 4.74 Å². The number of hydrogen-bond donors (Lipinski definition) is 2. The fourth-order valence-electron chi connectivity index (χ4n) is 3.94. The van der Waals surface area contributed by atoms with Gasteiger partial charge in [0.25, 0.3) is 0 Å². The molecule has 1 saturated heterocycles. The second-order valence-corrected chi connectivity index (χ2v) is 7.39. The van der Waals surface area contributed by atoms with Crippen molar-refractivity contribution in [1.82, 2.24) is 25.1 Å². The molecule has 5 rings (SSSR count). The third-order valence-electron chi connectivity index (χ3n) is 5.64. The van der Waals surface area contributed by atoms with Crippen LogP contribution in [-0.2, 0) is 12.0 Å². The van der Waals surface area contributed by atoms with E-state index in [4.69, 9.17) is 15.6 Å². The first-order chi connectivity index (χ1) is 13.1. The molecule has 0 amide bonds. The molecular weight excluding hydrogens is 340 g/mol. The summed E-state index contributed by atoms with van der Waals surface area (Å²) in [7, 11) is 0. The third-order valence-corrected chi connectivity index (χ3v) is 5.64. The van der Waals surface area contributed by atoms with Crippen LogP contribution >= 0.6 is 0 Å². The van der Waals surface area contributed by atoms with Crippen LogP contribution in [0.5, 0.6) is 5.75 Å². The molecule has 0 bridgehead atoms. The van der Waals surface area contributed by atoms with Crippen LogP contribution in [0.15, 0.2) is 42.7 Å². The average Bonchev–Trinajstić information content (AvgIpc) is 3.22. The lowest BCUT2D eigenvalue weighted by Gasteiger charge is -2.38. The average molecular weight is 362 g/mol. The van der Waals surface area contributed by atoms with Crippen molar-refractivity contribution in [3.63, 3.8) is 0 Å². The Morgan fingerprint density at radius 2 is 2.15 bits per heavy atom. The quantitative estimate of drug-likeness (QED) is 0.740. The van der Waals surface area contributed by atoms with Gasteiger partial charge in [-0.1, -0.05) is 6.07 Å². The molecule has 7 nitrogen and oxygen atoms in total. The van der Waals surface area contributed by atoms with Crippen LogP contribution in [-0.4, -0.2) is 32.8 Å². The van der Waals surface area contributed by atoms with Crippen LogP contribution in [0.25, 0.3) is 11.3 Å². The van der Waals surface area contributed by atoms with Gasteiger partial charge >= 0.3 is 0 Å². The van der Waals surface area contributed by atoms with E-state index >= 15 is 0 Å². The van der Waals surface area contributed by atoms with E-state index in [0.29, 0.717) is 11.6 Å². The molecule has 2 aliphatic heterocycles. The van der Waals surface area contributed by atoms with Crippen molar-refractivity contribution >= 4 is 5.82 Å². The van der Waals surface area contributed by atoms with Crippen LogP contribution in [0, 0.1) is 0 Å².